The van der Waals surface area contributed by atoms with Crippen molar-refractivity contribution >= 4 is 17.5 Å². The van der Waals surface area contributed by atoms with E-state index in [1.807, 2.05) is 31.2 Å². The number of carbonyl (C=O) groups is 2. The van der Waals surface area contributed by atoms with Crippen LogP contribution in [0.15, 0.2) is 42.5 Å². The van der Waals surface area contributed by atoms with Crippen molar-refractivity contribution in [3.05, 3.63) is 64.7 Å². The van der Waals surface area contributed by atoms with Gasteiger partial charge in [-0.25, -0.2) is 0 Å². The van der Waals surface area contributed by atoms with E-state index in [-0.39, 0.29) is 11.8 Å². The fourth-order valence-electron chi connectivity index (χ4n) is 3.34. The Hall–Kier alpha value is -2.62. The number of benzene rings is 2. The molecule has 2 aromatic rings. The van der Waals surface area contributed by atoms with Crippen molar-refractivity contribution in [2.75, 3.05) is 18.0 Å². The van der Waals surface area contributed by atoms with Crippen molar-refractivity contribution < 1.29 is 9.59 Å². The van der Waals surface area contributed by atoms with Crippen molar-refractivity contribution in [1.29, 1.82) is 0 Å². The van der Waals surface area contributed by atoms with Crippen LogP contribution in [0.1, 0.15) is 73.5 Å². The van der Waals surface area contributed by atoms with E-state index in [0.717, 1.165) is 22.4 Å². The topological polar surface area (TPSA) is 49.4 Å². The lowest BCUT2D eigenvalue weighted by Gasteiger charge is -2.29. The number of nitrogens with zero attached hydrogens (tertiary/aromatic N) is 1. The highest BCUT2D eigenvalue weighted by molar-refractivity contribution is 5.95. The summed E-state index contributed by atoms with van der Waals surface area (Å²) in [7, 11) is 0. The average Bonchev–Trinajstić information content (AvgIpc) is 2.64. The van der Waals surface area contributed by atoms with Gasteiger partial charge in [-0.2, -0.15) is 0 Å². The molecular formula is C24H32N2O2. The molecule has 0 bridgehead atoms. The number of amides is 2. The zero-order valence-corrected chi connectivity index (χ0v) is 17.9. The Morgan fingerprint density at radius 2 is 1.46 bits per heavy atom. The van der Waals surface area contributed by atoms with Gasteiger partial charge in [-0.3, -0.25) is 9.59 Å². The number of rotatable bonds is 7. The monoisotopic (exact) mass is 380 g/mol. The van der Waals surface area contributed by atoms with Gasteiger partial charge in [0.2, 0.25) is 5.91 Å². The predicted molar refractivity (Wildman–Crippen MR) is 116 cm³/mol. The lowest BCUT2D eigenvalue weighted by Crippen LogP contribution is -2.38. The van der Waals surface area contributed by atoms with Gasteiger partial charge < -0.3 is 10.2 Å². The van der Waals surface area contributed by atoms with E-state index in [2.05, 4.69) is 51.2 Å². The maximum absolute atomic E-state index is 12.5. The van der Waals surface area contributed by atoms with Crippen LogP contribution in [0, 0.1) is 6.92 Å². The summed E-state index contributed by atoms with van der Waals surface area (Å²) >= 11 is 0. The minimum Gasteiger partial charge on any atom is -0.350 e. The van der Waals surface area contributed by atoms with E-state index in [1.165, 1.54) is 0 Å². The number of aryl methyl sites for hydroxylation is 1. The average molecular weight is 381 g/mol. The van der Waals surface area contributed by atoms with Gasteiger partial charge in [0.05, 0.1) is 5.69 Å². The largest absolute Gasteiger partial charge is 0.350 e. The summed E-state index contributed by atoms with van der Waals surface area (Å²) in [6.45, 7) is 13.0. The van der Waals surface area contributed by atoms with E-state index in [0.29, 0.717) is 30.5 Å². The highest BCUT2D eigenvalue weighted by Gasteiger charge is 2.22. The molecule has 0 heterocycles. The van der Waals surface area contributed by atoms with E-state index >= 15 is 0 Å². The molecule has 0 spiro atoms. The van der Waals surface area contributed by atoms with Gasteiger partial charge >= 0.3 is 0 Å². The van der Waals surface area contributed by atoms with Crippen molar-refractivity contribution in [2.45, 2.75) is 53.4 Å². The van der Waals surface area contributed by atoms with Crippen LogP contribution in [0.4, 0.5) is 5.69 Å². The van der Waals surface area contributed by atoms with Crippen LogP contribution < -0.4 is 10.2 Å². The standard InChI is InChI=1S/C24H32N2O2/c1-16(2)21-8-7-9-22(17(3)4)23(21)26(19(6)27)15-14-25-24(28)20-12-10-18(5)11-13-20/h7-13,16-17H,14-15H2,1-6H3,(H,25,28). The molecule has 2 aromatic carbocycles. The van der Waals surface area contributed by atoms with E-state index in [9.17, 15) is 9.59 Å². The van der Waals surface area contributed by atoms with Crippen LogP contribution >= 0.6 is 0 Å². The molecule has 0 aliphatic carbocycles. The van der Waals surface area contributed by atoms with Crippen LogP contribution in [0.5, 0.6) is 0 Å². The highest BCUT2D eigenvalue weighted by Crippen LogP contribution is 2.35. The Morgan fingerprint density at radius 1 is 0.929 bits per heavy atom. The predicted octanol–water partition coefficient (Wildman–Crippen LogP) is 5.02. The molecule has 4 nitrogen and oxygen atoms in total. The molecule has 0 aromatic heterocycles. The van der Waals surface area contributed by atoms with Crippen LogP contribution in [0.25, 0.3) is 0 Å². The number of anilines is 1. The quantitative estimate of drug-likeness (QED) is 0.733. The molecule has 4 heteroatoms. The second-order valence-electron chi connectivity index (χ2n) is 7.89. The molecule has 0 radical (unpaired) electrons. The molecule has 0 atom stereocenters. The first-order valence-electron chi connectivity index (χ1n) is 9.98. The molecule has 0 saturated carbocycles. The van der Waals surface area contributed by atoms with Crippen molar-refractivity contribution in [3.63, 3.8) is 0 Å². The summed E-state index contributed by atoms with van der Waals surface area (Å²) in [6, 6.07) is 13.7. The van der Waals surface area contributed by atoms with E-state index in [4.69, 9.17) is 0 Å². The molecule has 0 saturated heterocycles. The minimum atomic E-state index is -0.121. The molecule has 2 amide bonds. The first kappa shape index (κ1) is 21.7. The molecule has 1 N–H and O–H groups in total. The third-order valence-electron chi connectivity index (χ3n) is 4.93. The van der Waals surface area contributed by atoms with Gasteiger partial charge in [0.25, 0.3) is 5.91 Å². The fraction of sp³-hybridized carbons (Fsp3) is 0.417. The minimum absolute atomic E-state index is 0.0143. The number of para-hydroxylation sites is 1. The summed E-state index contributed by atoms with van der Waals surface area (Å²) in [6.07, 6.45) is 0. The second-order valence-corrected chi connectivity index (χ2v) is 7.89. The Labute approximate surface area is 169 Å². The second kappa shape index (κ2) is 9.54. The van der Waals surface area contributed by atoms with Crippen molar-refractivity contribution in [2.24, 2.45) is 0 Å². The first-order chi connectivity index (χ1) is 13.2. The van der Waals surface area contributed by atoms with Crippen LogP contribution in [-0.4, -0.2) is 24.9 Å². The van der Waals surface area contributed by atoms with Crippen molar-refractivity contribution in [1.82, 2.24) is 5.32 Å². The van der Waals surface area contributed by atoms with E-state index < -0.39 is 0 Å². The number of carbonyl (C=O) groups excluding carboxylic acids is 2. The number of hydrogen-bond donors (Lipinski definition) is 1. The maximum Gasteiger partial charge on any atom is 0.251 e. The molecule has 0 aliphatic rings. The molecule has 0 aliphatic heterocycles. The van der Waals surface area contributed by atoms with Gasteiger partial charge in [-0.05, 0) is 42.0 Å². The normalized spacial score (nSPS) is 11.0. The maximum atomic E-state index is 12.5. The molecule has 28 heavy (non-hydrogen) atoms. The smallest absolute Gasteiger partial charge is 0.251 e. The zero-order valence-electron chi connectivity index (χ0n) is 17.9. The summed E-state index contributed by atoms with van der Waals surface area (Å²) in [5, 5.41) is 2.94. The number of hydrogen-bond acceptors (Lipinski definition) is 2. The third kappa shape index (κ3) is 5.22. The Bertz CT molecular complexity index is 797. The van der Waals surface area contributed by atoms with Gasteiger partial charge in [0.15, 0.2) is 0 Å². The summed E-state index contributed by atoms with van der Waals surface area (Å²) in [5.41, 5.74) is 5.05. The van der Waals surface area contributed by atoms with Crippen molar-refractivity contribution in [3.8, 4) is 0 Å². The number of nitrogens with one attached hydrogen (secondary N) is 1. The first-order valence-corrected chi connectivity index (χ1v) is 9.98. The molecular weight excluding hydrogens is 348 g/mol. The summed E-state index contributed by atoms with van der Waals surface area (Å²) in [5.74, 6) is 0.472. The fourth-order valence-corrected chi connectivity index (χ4v) is 3.34. The highest BCUT2D eigenvalue weighted by atomic mass is 16.2. The van der Waals surface area contributed by atoms with Gasteiger partial charge in [0.1, 0.15) is 0 Å². The summed E-state index contributed by atoms with van der Waals surface area (Å²) < 4.78 is 0. The Balaban J connectivity index is 2.21. The third-order valence-corrected chi connectivity index (χ3v) is 4.93. The van der Waals surface area contributed by atoms with Crippen LogP contribution in [0.2, 0.25) is 0 Å². The van der Waals surface area contributed by atoms with Crippen LogP contribution in [-0.2, 0) is 4.79 Å². The molecule has 0 unspecified atom stereocenters. The Morgan fingerprint density at radius 3 is 1.93 bits per heavy atom. The molecule has 150 valence electrons. The summed E-state index contributed by atoms with van der Waals surface area (Å²) in [4.78, 5) is 26.7. The molecule has 2 rings (SSSR count). The van der Waals surface area contributed by atoms with E-state index in [1.54, 1.807) is 11.8 Å². The van der Waals surface area contributed by atoms with Crippen LogP contribution in [0.3, 0.4) is 0 Å². The lowest BCUT2D eigenvalue weighted by molar-refractivity contribution is -0.116. The molecule has 0 fully saturated rings. The SMILES string of the molecule is CC(=O)N(CCNC(=O)c1ccc(C)cc1)c1c(C(C)C)cccc1C(C)C. The van der Waals surface area contributed by atoms with Gasteiger partial charge in [-0.1, -0.05) is 63.6 Å². The Kier molecular flexibility index (Phi) is 7.38. The van der Waals surface area contributed by atoms with Gasteiger partial charge in [0, 0.05) is 25.6 Å². The lowest BCUT2D eigenvalue weighted by atomic mass is 9.92. The van der Waals surface area contributed by atoms with Gasteiger partial charge in [-0.15, -0.1) is 0 Å². The zero-order chi connectivity index (χ0) is 20.8.